The van der Waals surface area contributed by atoms with Crippen LogP contribution in [-0.4, -0.2) is 17.5 Å². The lowest BCUT2D eigenvalue weighted by atomic mass is 9.96. The van der Waals surface area contributed by atoms with Crippen molar-refractivity contribution in [3.05, 3.63) is 71.5 Å². The first kappa shape index (κ1) is 18.9. The molecule has 3 amide bonds. The zero-order chi connectivity index (χ0) is 19.1. The van der Waals surface area contributed by atoms with Crippen molar-refractivity contribution in [1.29, 1.82) is 0 Å². The van der Waals surface area contributed by atoms with E-state index < -0.39 is 5.54 Å². The number of carbonyl (C=O) groups is 2. The van der Waals surface area contributed by atoms with Crippen LogP contribution in [0.1, 0.15) is 36.8 Å². The number of benzene rings is 2. The van der Waals surface area contributed by atoms with Gasteiger partial charge in [-0.1, -0.05) is 55.3 Å². The van der Waals surface area contributed by atoms with Gasteiger partial charge in [-0.05, 0) is 36.1 Å². The number of amides is 3. The second kappa shape index (κ2) is 8.66. The Kier molecular flexibility index (Phi) is 6.06. The second-order valence-corrected chi connectivity index (χ2v) is 6.90. The summed E-state index contributed by atoms with van der Waals surface area (Å²) in [4.78, 5) is 25.1. The average molecular weight is 369 g/mol. The maximum absolute atomic E-state index is 13.3. The van der Waals surface area contributed by atoms with Gasteiger partial charge in [0.15, 0.2) is 0 Å². The molecule has 1 fully saturated rings. The summed E-state index contributed by atoms with van der Waals surface area (Å²) < 4.78 is 13.3. The SMILES string of the molecule is O=C(NCc1ccccc1)NC1(C(=O)NCc2cccc(F)c2)CCCC1. The quantitative estimate of drug-likeness (QED) is 0.731. The minimum Gasteiger partial charge on any atom is -0.350 e. The zero-order valence-corrected chi connectivity index (χ0v) is 15.1. The van der Waals surface area contributed by atoms with Crippen molar-refractivity contribution in [3.8, 4) is 0 Å². The fraction of sp³-hybridized carbons (Fsp3) is 0.333. The summed E-state index contributed by atoms with van der Waals surface area (Å²) in [6.07, 6.45) is 2.96. The molecule has 1 aliphatic carbocycles. The maximum atomic E-state index is 13.3. The molecule has 1 saturated carbocycles. The van der Waals surface area contributed by atoms with E-state index in [4.69, 9.17) is 0 Å². The van der Waals surface area contributed by atoms with Gasteiger partial charge in [0.25, 0.3) is 0 Å². The van der Waals surface area contributed by atoms with Gasteiger partial charge in [0, 0.05) is 13.1 Å². The molecule has 6 heteroatoms. The van der Waals surface area contributed by atoms with Crippen molar-refractivity contribution < 1.29 is 14.0 Å². The smallest absolute Gasteiger partial charge is 0.315 e. The molecule has 1 aliphatic rings. The predicted molar refractivity (Wildman–Crippen MR) is 101 cm³/mol. The van der Waals surface area contributed by atoms with E-state index in [0.29, 0.717) is 24.9 Å². The van der Waals surface area contributed by atoms with Gasteiger partial charge in [0.1, 0.15) is 11.4 Å². The Morgan fingerprint density at radius 3 is 2.26 bits per heavy atom. The minimum absolute atomic E-state index is 0.223. The largest absolute Gasteiger partial charge is 0.350 e. The molecule has 0 saturated heterocycles. The van der Waals surface area contributed by atoms with Crippen molar-refractivity contribution in [2.75, 3.05) is 0 Å². The van der Waals surface area contributed by atoms with Gasteiger partial charge < -0.3 is 16.0 Å². The Balaban J connectivity index is 1.57. The summed E-state index contributed by atoms with van der Waals surface area (Å²) in [6.45, 7) is 0.624. The first-order chi connectivity index (χ1) is 13.1. The normalized spacial score (nSPS) is 15.1. The highest BCUT2D eigenvalue weighted by Gasteiger charge is 2.42. The Hall–Kier alpha value is -2.89. The van der Waals surface area contributed by atoms with Gasteiger partial charge >= 0.3 is 6.03 Å². The number of hydrogen-bond acceptors (Lipinski definition) is 2. The number of nitrogens with one attached hydrogen (secondary N) is 3. The van der Waals surface area contributed by atoms with E-state index in [1.165, 1.54) is 12.1 Å². The number of carbonyl (C=O) groups excluding carboxylic acids is 2. The van der Waals surface area contributed by atoms with Crippen LogP contribution in [0.25, 0.3) is 0 Å². The molecule has 3 N–H and O–H groups in total. The minimum atomic E-state index is -0.909. The monoisotopic (exact) mass is 369 g/mol. The standard InChI is InChI=1S/C21H24FN3O2/c22-18-10-6-9-17(13-18)15-23-19(26)21(11-4-5-12-21)25-20(27)24-14-16-7-2-1-3-8-16/h1-3,6-10,13H,4-5,11-12,14-15H2,(H,23,26)(H2,24,25,27). The highest BCUT2D eigenvalue weighted by atomic mass is 19.1. The summed E-state index contributed by atoms with van der Waals surface area (Å²) in [5.41, 5.74) is 0.766. The molecule has 0 aromatic heterocycles. The molecule has 0 unspecified atom stereocenters. The van der Waals surface area contributed by atoms with Crippen LogP contribution < -0.4 is 16.0 Å². The Bertz CT molecular complexity index is 789. The third-order valence-corrected chi connectivity index (χ3v) is 4.88. The van der Waals surface area contributed by atoms with Crippen LogP contribution in [0.2, 0.25) is 0 Å². The van der Waals surface area contributed by atoms with Crippen LogP contribution in [0.5, 0.6) is 0 Å². The van der Waals surface area contributed by atoms with Crippen LogP contribution in [0.4, 0.5) is 9.18 Å². The lowest BCUT2D eigenvalue weighted by molar-refractivity contribution is -0.127. The second-order valence-electron chi connectivity index (χ2n) is 6.90. The van der Waals surface area contributed by atoms with Gasteiger partial charge in [-0.3, -0.25) is 4.79 Å². The molecule has 5 nitrogen and oxygen atoms in total. The number of hydrogen-bond donors (Lipinski definition) is 3. The van der Waals surface area contributed by atoms with Crippen molar-refractivity contribution >= 4 is 11.9 Å². The Morgan fingerprint density at radius 2 is 1.56 bits per heavy atom. The van der Waals surface area contributed by atoms with Crippen LogP contribution in [0, 0.1) is 5.82 Å². The summed E-state index contributed by atoms with van der Waals surface area (Å²) in [7, 11) is 0. The third kappa shape index (κ3) is 5.06. The van der Waals surface area contributed by atoms with Gasteiger partial charge in [-0.15, -0.1) is 0 Å². The van der Waals surface area contributed by atoms with Crippen LogP contribution in [-0.2, 0) is 17.9 Å². The fourth-order valence-corrected chi connectivity index (χ4v) is 3.43. The molecule has 0 bridgehead atoms. The summed E-state index contributed by atoms with van der Waals surface area (Å²) in [5, 5.41) is 8.52. The van der Waals surface area contributed by atoms with Crippen LogP contribution in [0.15, 0.2) is 54.6 Å². The molecule has 2 aromatic carbocycles. The highest BCUT2D eigenvalue weighted by Crippen LogP contribution is 2.30. The fourth-order valence-electron chi connectivity index (χ4n) is 3.43. The van der Waals surface area contributed by atoms with Crippen LogP contribution >= 0.6 is 0 Å². The van der Waals surface area contributed by atoms with E-state index in [2.05, 4.69) is 16.0 Å². The Labute approximate surface area is 158 Å². The van der Waals surface area contributed by atoms with Crippen LogP contribution in [0.3, 0.4) is 0 Å². The molecule has 0 heterocycles. The molecular weight excluding hydrogens is 345 g/mol. The number of rotatable bonds is 6. The summed E-state index contributed by atoms with van der Waals surface area (Å²) in [5.74, 6) is -0.560. The third-order valence-electron chi connectivity index (χ3n) is 4.88. The van der Waals surface area contributed by atoms with E-state index in [0.717, 1.165) is 18.4 Å². The molecule has 0 atom stereocenters. The van der Waals surface area contributed by atoms with E-state index in [9.17, 15) is 14.0 Å². The molecule has 0 radical (unpaired) electrons. The average Bonchev–Trinajstić information content (AvgIpc) is 3.15. The molecule has 0 spiro atoms. The lowest BCUT2D eigenvalue weighted by Crippen LogP contribution is -2.59. The van der Waals surface area contributed by atoms with Crippen molar-refractivity contribution in [3.63, 3.8) is 0 Å². The first-order valence-electron chi connectivity index (χ1n) is 9.20. The van der Waals surface area contributed by atoms with Gasteiger partial charge in [0.2, 0.25) is 5.91 Å². The van der Waals surface area contributed by atoms with E-state index in [-0.39, 0.29) is 24.3 Å². The van der Waals surface area contributed by atoms with E-state index >= 15 is 0 Å². The molecular formula is C21H24FN3O2. The topological polar surface area (TPSA) is 70.2 Å². The Morgan fingerprint density at radius 1 is 0.889 bits per heavy atom. The summed E-state index contributed by atoms with van der Waals surface area (Å²) in [6, 6.07) is 15.4. The van der Waals surface area contributed by atoms with Crippen molar-refractivity contribution in [2.24, 2.45) is 0 Å². The van der Waals surface area contributed by atoms with E-state index in [1.54, 1.807) is 12.1 Å². The zero-order valence-electron chi connectivity index (χ0n) is 15.1. The van der Waals surface area contributed by atoms with Crippen molar-refractivity contribution in [2.45, 2.75) is 44.3 Å². The first-order valence-corrected chi connectivity index (χ1v) is 9.20. The number of halogens is 1. The van der Waals surface area contributed by atoms with Crippen molar-refractivity contribution in [1.82, 2.24) is 16.0 Å². The molecule has 3 rings (SSSR count). The van der Waals surface area contributed by atoms with Gasteiger partial charge in [0.05, 0.1) is 0 Å². The van der Waals surface area contributed by atoms with E-state index in [1.807, 2.05) is 30.3 Å². The predicted octanol–water partition coefficient (Wildman–Crippen LogP) is 3.25. The summed E-state index contributed by atoms with van der Waals surface area (Å²) >= 11 is 0. The molecule has 142 valence electrons. The highest BCUT2D eigenvalue weighted by molar-refractivity contribution is 5.91. The maximum Gasteiger partial charge on any atom is 0.315 e. The number of urea groups is 1. The molecule has 27 heavy (non-hydrogen) atoms. The van der Waals surface area contributed by atoms with Gasteiger partial charge in [-0.2, -0.15) is 0 Å². The van der Waals surface area contributed by atoms with Gasteiger partial charge in [-0.25, -0.2) is 9.18 Å². The molecule has 2 aromatic rings. The molecule has 0 aliphatic heterocycles. The lowest BCUT2D eigenvalue weighted by Gasteiger charge is -2.29.